The third kappa shape index (κ3) is 2.20. The van der Waals surface area contributed by atoms with Crippen LogP contribution in [0.5, 0.6) is 0 Å². The van der Waals surface area contributed by atoms with Gasteiger partial charge < -0.3 is 5.73 Å². The number of rotatable bonds is 3. The third-order valence-electron chi connectivity index (χ3n) is 2.48. The lowest BCUT2D eigenvalue weighted by Gasteiger charge is -2.32. The third-order valence-corrected chi connectivity index (χ3v) is 4.66. The maximum Gasteiger partial charge on any atom is 0.154 e. The van der Waals surface area contributed by atoms with E-state index in [1.807, 2.05) is 13.8 Å². The van der Waals surface area contributed by atoms with Crippen LogP contribution in [0.15, 0.2) is 0 Å². The molecule has 0 rings (SSSR count). The van der Waals surface area contributed by atoms with E-state index in [0.717, 1.165) is 0 Å². The molecule has 0 radical (unpaired) electrons. The molecule has 0 aromatic heterocycles. The quantitative estimate of drug-likeness (QED) is 0.721. The second kappa shape index (κ2) is 3.34. The summed E-state index contributed by atoms with van der Waals surface area (Å²) in [7, 11) is -3.07. The standard InChI is InChI=1S/C8H19NO2S/c1-6(2)7(9)8(3,4)12(5,10)11/h6-7H,9H2,1-5H3. The summed E-state index contributed by atoms with van der Waals surface area (Å²) in [5.74, 6) is 0.176. The molecule has 0 saturated heterocycles. The van der Waals surface area contributed by atoms with Crippen molar-refractivity contribution in [1.82, 2.24) is 0 Å². The fourth-order valence-corrected chi connectivity index (χ4v) is 1.82. The molecule has 1 unspecified atom stereocenters. The topological polar surface area (TPSA) is 60.2 Å². The van der Waals surface area contributed by atoms with Crippen LogP contribution in [0.1, 0.15) is 27.7 Å². The Morgan fingerprint density at radius 1 is 1.25 bits per heavy atom. The second-order valence-electron chi connectivity index (χ2n) is 4.15. The van der Waals surface area contributed by atoms with Crippen LogP contribution in [0.25, 0.3) is 0 Å². The van der Waals surface area contributed by atoms with Crippen LogP contribution in [-0.2, 0) is 9.84 Å². The first-order valence-electron chi connectivity index (χ1n) is 4.06. The zero-order chi connectivity index (χ0) is 10.2. The van der Waals surface area contributed by atoms with Crippen molar-refractivity contribution in [2.45, 2.75) is 38.5 Å². The maximum atomic E-state index is 11.3. The van der Waals surface area contributed by atoms with Gasteiger partial charge in [0, 0.05) is 12.3 Å². The normalized spacial score (nSPS) is 16.6. The van der Waals surface area contributed by atoms with Gasteiger partial charge in [-0.1, -0.05) is 13.8 Å². The van der Waals surface area contributed by atoms with Crippen LogP contribution in [0.2, 0.25) is 0 Å². The Kier molecular flexibility index (Phi) is 3.32. The van der Waals surface area contributed by atoms with Gasteiger partial charge in [-0.15, -0.1) is 0 Å². The number of hydrogen-bond acceptors (Lipinski definition) is 3. The molecule has 0 aliphatic heterocycles. The molecule has 0 aliphatic rings. The Hall–Kier alpha value is -0.0900. The summed E-state index contributed by atoms with van der Waals surface area (Å²) in [5, 5.41) is 0. The van der Waals surface area contributed by atoms with Crippen LogP contribution in [0.3, 0.4) is 0 Å². The molecule has 74 valence electrons. The summed E-state index contributed by atoms with van der Waals surface area (Å²) in [6.07, 6.45) is 1.23. The van der Waals surface area contributed by atoms with Crippen molar-refractivity contribution in [1.29, 1.82) is 0 Å². The van der Waals surface area contributed by atoms with Crippen molar-refractivity contribution >= 4 is 9.84 Å². The molecular formula is C8H19NO2S. The zero-order valence-corrected chi connectivity index (χ0v) is 9.27. The van der Waals surface area contributed by atoms with Gasteiger partial charge in [-0.05, 0) is 19.8 Å². The van der Waals surface area contributed by atoms with E-state index in [-0.39, 0.29) is 12.0 Å². The molecule has 3 nitrogen and oxygen atoms in total. The van der Waals surface area contributed by atoms with Crippen molar-refractivity contribution in [2.75, 3.05) is 6.26 Å². The average Bonchev–Trinajstić information content (AvgIpc) is 1.83. The van der Waals surface area contributed by atoms with Crippen molar-refractivity contribution in [3.63, 3.8) is 0 Å². The molecular weight excluding hydrogens is 174 g/mol. The van der Waals surface area contributed by atoms with Gasteiger partial charge in [0.25, 0.3) is 0 Å². The van der Waals surface area contributed by atoms with E-state index in [1.54, 1.807) is 13.8 Å². The fraction of sp³-hybridized carbons (Fsp3) is 1.00. The van der Waals surface area contributed by atoms with E-state index in [1.165, 1.54) is 6.26 Å². The van der Waals surface area contributed by atoms with E-state index in [0.29, 0.717) is 0 Å². The van der Waals surface area contributed by atoms with Crippen LogP contribution < -0.4 is 5.73 Å². The highest BCUT2D eigenvalue weighted by molar-refractivity contribution is 7.92. The lowest BCUT2D eigenvalue weighted by atomic mass is 9.93. The Balaban J connectivity index is 4.87. The Morgan fingerprint density at radius 3 is 1.67 bits per heavy atom. The number of sulfone groups is 1. The summed E-state index contributed by atoms with van der Waals surface area (Å²) in [5.41, 5.74) is 5.80. The highest BCUT2D eigenvalue weighted by atomic mass is 32.2. The molecule has 4 heteroatoms. The van der Waals surface area contributed by atoms with Crippen LogP contribution in [0.4, 0.5) is 0 Å². The van der Waals surface area contributed by atoms with Crippen LogP contribution in [-0.4, -0.2) is 25.5 Å². The number of hydrogen-bond donors (Lipinski definition) is 1. The second-order valence-corrected chi connectivity index (χ2v) is 6.74. The largest absolute Gasteiger partial charge is 0.326 e. The highest BCUT2D eigenvalue weighted by Gasteiger charge is 2.38. The average molecular weight is 193 g/mol. The molecule has 0 fully saturated rings. The summed E-state index contributed by atoms with van der Waals surface area (Å²) < 4.78 is 21.8. The SMILES string of the molecule is CC(C)C(N)C(C)(C)S(C)(=O)=O. The van der Waals surface area contributed by atoms with Crippen molar-refractivity contribution in [2.24, 2.45) is 11.7 Å². The number of nitrogens with two attached hydrogens (primary N) is 1. The minimum absolute atomic E-state index is 0.176. The van der Waals surface area contributed by atoms with Gasteiger partial charge in [0.2, 0.25) is 0 Å². The molecule has 0 aromatic rings. The summed E-state index contributed by atoms with van der Waals surface area (Å²) >= 11 is 0. The molecule has 12 heavy (non-hydrogen) atoms. The van der Waals surface area contributed by atoms with Crippen molar-refractivity contribution in [3.8, 4) is 0 Å². The van der Waals surface area contributed by atoms with E-state index in [2.05, 4.69) is 0 Å². The van der Waals surface area contributed by atoms with E-state index >= 15 is 0 Å². The first kappa shape index (κ1) is 11.9. The van der Waals surface area contributed by atoms with Gasteiger partial charge in [0.05, 0.1) is 4.75 Å². The minimum atomic E-state index is -3.07. The van der Waals surface area contributed by atoms with Gasteiger partial charge in [-0.2, -0.15) is 0 Å². The fourth-order valence-electron chi connectivity index (χ4n) is 1.05. The predicted molar refractivity (Wildman–Crippen MR) is 51.7 cm³/mol. The van der Waals surface area contributed by atoms with Gasteiger partial charge >= 0.3 is 0 Å². The molecule has 1 atom stereocenters. The van der Waals surface area contributed by atoms with Gasteiger partial charge in [0.1, 0.15) is 0 Å². The van der Waals surface area contributed by atoms with E-state index in [4.69, 9.17) is 5.73 Å². The minimum Gasteiger partial charge on any atom is -0.326 e. The zero-order valence-electron chi connectivity index (χ0n) is 8.46. The molecule has 0 heterocycles. The van der Waals surface area contributed by atoms with Crippen LogP contribution in [0, 0.1) is 5.92 Å². The summed E-state index contributed by atoms with van der Waals surface area (Å²) in [4.78, 5) is 0. The summed E-state index contributed by atoms with van der Waals surface area (Å²) in [6, 6.07) is -0.313. The first-order valence-corrected chi connectivity index (χ1v) is 5.95. The highest BCUT2D eigenvalue weighted by Crippen LogP contribution is 2.23. The Labute approximate surface area is 75.3 Å². The Bertz CT molecular complexity index is 242. The molecule has 0 aliphatic carbocycles. The Morgan fingerprint density at radius 2 is 1.58 bits per heavy atom. The molecule has 0 spiro atoms. The van der Waals surface area contributed by atoms with Gasteiger partial charge in [-0.25, -0.2) is 8.42 Å². The van der Waals surface area contributed by atoms with Crippen molar-refractivity contribution < 1.29 is 8.42 Å². The van der Waals surface area contributed by atoms with Crippen LogP contribution >= 0.6 is 0 Å². The molecule has 2 N–H and O–H groups in total. The molecule has 0 saturated carbocycles. The smallest absolute Gasteiger partial charge is 0.154 e. The van der Waals surface area contributed by atoms with E-state index in [9.17, 15) is 8.42 Å². The van der Waals surface area contributed by atoms with E-state index < -0.39 is 14.6 Å². The lowest BCUT2D eigenvalue weighted by molar-refractivity contribution is 0.396. The lowest BCUT2D eigenvalue weighted by Crippen LogP contribution is -2.51. The van der Waals surface area contributed by atoms with Gasteiger partial charge in [0.15, 0.2) is 9.84 Å². The van der Waals surface area contributed by atoms with Gasteiger partial charge in [-0.3, -0.25) is 0 Å². The monoisotopic (exact) mass is 193 g/mol. The summed E-state index contributed by atoms with van der Waals surface area (Å²) in [6.45, 7) is 7.20. The molecule has 0 aromatic carbocycles. The van der Waals surface area contributed by atoms with Crippen molar-refractivity contribution in [3.05, 3.63) is 0 Å². The molecule has 0 amide bonds. The molecule has 0 bridgehead atoms. The first-order chi connectivity index (χ1) is 5.10. The maximum absolute atomic E-state index is 11.3. The predicted octanol–water partition coefficient (Wildman–Crippen LogP) is 0.793.